The molecule has 0 saturated carbocycles. The Kier molecular flexibility index (Phi) is 4.52. The number of aliphatic hydroxyl groups excluding tert-OH is 1. The molecule has 1 saturated heterocycles. The number of hydrogen-bond acceptors (Lipinski definition) is 4. The van der Waals surface area contributed by atoms with E-state index in [-0.39, 0.29) is 12.6 Å². The molecule has 1 fully saturated rings. The molecule has 1 aromatic heterocycles. The molecule has 5 heteroatoms. The second-order valence-corrected chi connectivity index (χ2v) is 5.42. The fraction of sp³-hybridized carbons (Fsp3) is 0.462. The summed E-state index contributed by atoms with van der Waals surface area (Å²) in [5.74, 6) is -0.929. The van der Waals surface area contributed by atoms with Crippen LogP contribution in [0.1, 0.15) is 23.3 Å². The minimum Gasteiger partial charge on any atom is -0.478 e. The highest BCUT2D eigenvalue weighted by Gasteiger charge is 2.24. The summed E-state index contributed by atoms with van der Waals surface area (Å²) >= 11 is 1.63. The first-order valence-electron chi connectivity index (χ1n) is 6.03. The lowest BCUT2D eigenvalue weighted by atomic mass is 10.2. The van der Waals surface area contributed by atoms with Gasteiger partial charge in [-0.2, -0.15) is 0 Å². The van der Waals surface area contributed by atoms with Gasteiger partial charge in [0.05, 0.1) is 6.61 Å². The number of likely N-dealkylation sites (tertiary alicyclic amines) is 1. The number of carbonyl (C=O) groups is 1. The Labute approximate surface area is 110 Å². The van der Waals surface area contributed by atoms with Gasteiger partial charge in [0.25, 0.3) is 0 Å². The summed E-state index contributed by atoms with van der Waals surface area (Å²) in [5, 5.41) is 19.9. The van der Waals surface area contributed by atoms with Crippen molar-refractivity contribution in [1.29, 1.82) is 0 Å². The largest absolute Gasteiger partial charge is 0.478 e. The monoisotopic (exact) mass is 267 g/mol. The quantitative estimate of drug-likeness (QED) is 0.799. The van der Waals surface area contributed by atoms with Gasteiger partial charge in [0, 0.05) is 23.5 Å². The number of aliphatic hydroxyl groups is 1. The van der Waals surface area contributed by atoms with E-state index in [2.05, 4.69) is 4.90 Å². The molecular weight excluding hydrogens is 250 g/mol. The number of nitrogens with zero attached hydrogens (tertiary/aromatic N) is 1. The zero-order chi connectivity index (χ0) is 13.0. The third kappa shape index (κ3) is 3.19. The van der Waals surface area contributed by atoms with Crippen molar-refractivity contribution in [3.05, 3.63) is 28.0 Å². The summed E-state index contributed by atoms with van der Waals surface area (Å²) in [6.07, 6.45) is 4.97. The molecule has 4 nitrogen and oxygen atoms in total. The van der Waals surface area contributed by atoms with Crippen molar-refractivity contribution in [3.63, 3.8) is 0 Å². The van der Waals surface area contributed by atoms with Gasteiger partial charge in [0.2, 0.25) is 0 Å². The van der Waals surface area contributed by atoms with E-state index in [0.29, 0.717) is 0 Å². The van der Waals surface area contributed by atoms with Crippen LogP contribution in [0.3, 0.4) is 0 Å². The topological polar surface area (TPSA) is 60.8 Å². The average Bonchev–Trinajstić information content (AvgIpc) is 2.96. The zero-order valence-corrected chi connectivity index (χ0v) is 10.9. The van der Waals surface area contributed by atoms with E-state index in [0.717, 1.165) is 36.4 Å². The second-order valence-electron chi connectivity index (χ2n) is 4.42. The van der Waals surface area contributed by atoms with E-state index in [9.17, 15) is 9.90 Å². The van der Waals surface area contributed by atoms with Crippen LogP contribution in [0.2, 0.25) is 0 Å². The van der Waals surface area contributed by atoms with E-state index in [1.165, 1.54) is 6.08 Å². The SMILES string of the molecule is O=C(O)/C=C/c1ccsc1CN1CCCC1CO. The van der Waals surface area contributed by atoms with Crippen molar-refractivity contribution in [3.8, 4) is 0 Å². The van der Waals surface area contributed by atoms with Crippen LogP contribution in [-0.4, -0.2) is 40.3 Å². The number of carboxylic acids is 1. The zero-order valence-electron chi connectivity index (χ0n) is 10.1. The lowest BCUT2D eigenvalue weighted by molar-refractivity contribution is -0.131. The van der Waals surface area contributed by atoms with Crippen LogP contribution >= 0.6 is 11.3 Å². The Morgan fingerprint density at radius 1 is 1.61 bits per heavy atom. The highest BCUT2D eigenvalue weighted by atomic mass is 32.1. The minimum atomic E-state index is -0.929. The maximum absolute atomic E-state index is 10.5. The molecule has 98 valence electrons. The van der Waals surface area contributed by atoms with Crippen molar-refractivity contribution in [2.45, 2.75) is 25.4 Å². The molecule has 2 N–H and O–H groups in total. The fourth-order valence-electron chi connectivity index (χ4n) is 2.28. The maximum atomic E-state index is 10.5. The highest BCUT2D eigenvalue weighted by molar-refractivity contribution is 7.10. The van der Waals surface area contributed by atoms with Crippen molar-refractivity contribution in [2.24, 2.45) is 0 Å². The average molecular weight is 267 g/mol. The smallest absolute Gasteiger partial charge is 0.328 e. The minimum absolute atomic E-state index is 0.200. The number of rotatable bonds is 5. The van der Waals surface area contributed by atoms with Gasteiger partial charge in [-0.05, 0) is 42.5 Å². The van der Waals surface area contributed by atoms with E-state index in [1.807, 2.05) is 11.4 Å². The predicted molar refractivity (Wildman–Crippen MR) is 71.5 cm³/mol. The van der Waals surface area contributed by atoms with Crippen LogP contribution in [-0.2, 0) is 11.3 Å². The number of thiophene rings is 1. The van der Waals surface area contributed by atoms with Crippen LogP contribution in [0.4, 0.5) is 0 Å². The molecule has 0 aliphatic carbocycles. The summed E-state index contributed by atoms with van der Waals surface area (Å²) in [5.41, 5.74) is 0.964. The summed E-state index contributed by atoms with van der Waals surface area (Å²) in [6.45, 7) is 2.00. The third-order valence-electron chi connectivity index (χ3n) is 3.24. The summed E-state index contributed by atoms with van der Waals surface area (Å²) < 4.78 is 0. The Morgan fingerprint density at radius 3 is 3.17 bits per heavy atom. The molecule has 0 aromatic carbocycles. The molecule has 0 radical (unpaired) electrons. The highest BCUT2D eigenvalue weighted by Crippen LogP contribution is 2.25. The van der Waals surface area contributed by atoms with E-state index in [1.54, 1.807) is 17.4 Å². The van der Waals surface area contributed by atoms with E-state index >= 15 is 0 Å². The van der Waals surface area contributed by atoms with Gasteiger partial charge in [0.15, 0.2) is 0 Å². The Hall–Kier alpha value is -1.17. The molecule has 1 aliphatic rings. The first kappa shape index (κ1) is 13.3. The van der Waals surface area contributed by atoms with Gasteiger partial charge in [-0.15, -0.1) is 11.3 Å². The Bertz CT molecular complexity index is 441. The van der Waals surface area contributed by atoms with E-state index in [4.69, 9.17) is 5.11 Å². The molecule has 18 heavy (non-hydrogen) atoms. The first-order chi connectivity index (χ1) is 8.70. The lowest BCUT2D eigenvalue weighted by Gasteiger charge is -2.22. The van der Waals surface area contributed by atoms with Crippen molar-refractivity contribution < 1.29 is 15.0 Å². The number of carboxylic acid groups (broad SMARTS) is 1. The summed E-state index contributed by atoms with van der Waals surface area (Å²) in [6, 6.07) is 2.19. The molecule has 1 unspecified atom stereocenters. The van der Waals surface area contributed by atoms with Crippen molar-refractivity contribution in [1.82, 2.24) is 4.90 Å². The normalized spacial score (nSPS) is 20.8. The summed E-state index contributed by atoms with van der Waals surface area (Å²) in [4.78, 5) is 13.9. The lowest BCUT2D eigenvalue weighted by Crippen LogP contribution is -2.31. The second kappa shape index (κ2) is 6.13. The van der Waals surface area contributed by atoms with Crippen molar-refractivity contribution in [2.75, 3.05) is 13.2 Å². The van der Waals surface area contributed by atoms with Crippen LogP contribution in [0.15, 0.2) is 17.5 Å². The van der Waals surface area contributed by atoms with Crippen LogP contribution in [0, 0.1) is 0 Å². The molecular formula is C13H17NO3S. The molecule has 0 amide bonds. The van der Waals surface area contributed by atoms with E-state index < -0.39 is 5.97 Å². The standard InChI is InChI=1S/C13H17NO3S/c15-9-11-2-1-6-14(11)8-12-10(5-7-18-12)3-4-13(16)17/h3-5,7,11,15H,1-2,6,8-9H2,(H,16,17)/b4-3+. The number of aliphatic carboxylic acids is 1. The Morgan fingerprint density at radius 2 is 2.44 bits per heavy atom. The predicted octanol–water partition coefficient (Wildman–Crippen LogP) is 1.80. The molecule has 0 bridgehead atoms. The van der Waals surface area contributed by atoms with Crippen molar-refractivity contribution >= 4 is 23.4 Å². The molecule has 0 spiro atoms. The van der Waals surface area contributed by atoms with Gasteiger partial charge >= 0.3 is 5.97 Å². The van der Waals surface area contributed by atoms with Gasteiger partial charge in [0.1, 0.15) is 0 Å². The molecule has 1 atom stereocenters. The number of hydrogen-bond donors (Lipinski definition) is 2. The fourth-order valence-corrected chi connectivity index (χ4v) is 3.17. The molecule has 2 rings (SSSR count). The van der Waals surface area contributed by atoms with Crippen LogP contribution in [0.5, 0.6) is 0 Å². The molecule has 2 heterocycles. The van der Waals surface area contributed by atoms with Gasteiger partial charge in [-0.25, -0.2) is 4.79 Å². The van der Waals surface area contributed by atoms with Gasteiger partial charge in [-0.3, -0.25) is 4.90 Å². The van der Waals surface area contributed by atoms with Crippen LogP contribution < -0.4 is 0 Å². The molecule has 1 aromatic rings. The maximum Gasteiger partial charge on any atom is 0.328 e. The van der Waals surface area contributed by atoms with Gasteiger partial charge < -0.3 is 10.2 Å². The van der Waals surface area contributed by atoms with Gasteiger partial charge in [-0.1, -0.05) is 0 Å². The third-order valence-corrected chi connectivity index (χ3v) is 4.16. The first-order valence-corrected chi connectivity index (χ1v) is 6.91. The summed E-state index contributed by atoms with van der Waals surface area (Å²) in [7, 11) is 0. The van der Waals surface area contributed by atoms with Crippen LogP contribution in [0.25, 0.3) is 6.08 Å². The Balaban J connectivity index is 2.05. The molecule has 1 aliphatic heterocycles.